The van der Waals surface area contributed by atoms with Gasteiger partial charge in [0, 0.05) is 12.1 Å². The molecule has 0 aliphatic carbocycles. The standard InChI is InChI=1S/C17H18N2O6/c1-5-17(15(21)24-3,18-16(22)25-4)10-19-9-11-6-7-12(23-2)8-13(11)14(19)20/h1,6-8H,9-10H2,2-4H3,(H,18,22). The van der Waals surface area contributed by atoms with Gasteiger partial charge < -0.3 is 19.1 Å². The maximum absolute atomic E-state index is 12.6. The highest BCUT2D eigenvalue weighted by Crippen LogP contribution is 2.28. The van der Waals surface area contributed by atoms with Gasteiger partial charge in [0.2, 0.25) is 5.54 Å². The molecule has 1 unspecified atom stereocenters. The zero-order chi connectivity index (χ0) is 18.6. The predicted molar refractivity (Wildman–Crippen MR) is 86.9 cm³/mol. The summed E-state index contributed by atoms with van der Waals surface area (Å²) in [6.45, 7) is -0.0253. The van der Waals surface area contributed by atoms with E-state index in [2.05, 4.69) is 16.0 Å². The smallest absolute Gasteiger partial charge is 0.408 e. The molecule has 2 rings (SSSR count). The summed E-state index contributed by atoms with van der Waals surface area (Å²) in [5.41, 5.74) is -0.642. The lowest BCUT2D eigenvalue weighted by Gasteiger charge is -2.30. The summed E-state index contributed by atoms with van der Waals surface area (Å²) in [6, 6.07) is 5.10. The van der Waals surface area contributed by atoms with Gasteiger partial charge in [0.25, 0.3) is 5.91 Å². The number of rotatable bonds is 5. The molecule has 1 aromatic carbocycles. The van der Waals surface area contributed by atoms with E-state index in [1.54, 1.807) is 18.2 Å². The van der Waals surface area contributed by atoms with Crippen LogP contribution >= 0.6 is 0 Å². The second-order valence-electron chi connectivity index (χ2n) is 5.34. The minimum absolute atomic E-state index is 0.238. The lowest BCUT2D eigenvalue weighted by molar-refractivity contribution is -0.146. The van der Waals surface area contributed by atoms with E-state index in [0.717, 1.165) is 19.8 Å². The van der Waals surface area contributed by atoms with Gasteiger partial charge in [0.05, 0.1) is 27.9 Å². The Morgan fingerprint density at radius 2 is 2.04 bits per heavy atom. The van der Waals surface area contributed by atoms with Gasteiger partial charge in [0.15, 0.2) is 0 Å². The summed E-state index contributed by atoms with van der Waals surface area (Å²) in [5, 5.41) is 2.29. The Morgan fingerprint density at radius 3 is 2.60 bits per heavy atom. The van der Waals surface area contributed by atoms with Crippen molar-refractivity contribution in [2.24, 2.45) is 0 Å². The van der Waals surface area contributed by atoms with Crippen LogP contribution in [0.3, 0.4) is 0 Å². The van der Waals surface area contributed by atoms with E-state index in [-0.39, 0.29) is 19.0 Å². The number of alkyl carbamates (subject to hydrolysis) is 1. The van der Waals surface area contributed by atoms with Gasteiger partial charge in [-0.1, -0.05) is 12.0 Å². The molecule has 0 aromatic heterocycles. The molecule has 1 heterocycles. The first kappa shape index (κ1) is 18.1. The van der Waals surface area contributed by atoms with E-state index in [1.807, 2.05) is 0 Å². The molecule has 0 radical (unpaired) electrons. The fraction of sp³-hybridized carbons (Fsp3) is 0.353. The quantitative estimate of drug-likeness (QED) is 0.618. The van der Waals surface area contributed by atoms with Crippen molar-refractivity contribution < 1.29 is 28.6 Å². The molecule has 0 saturated heterocycles. The van der Waals surface area contributed by atoms with Crippen LogP contribution in [0.25, 0.3) is 0 Å². The van der Waals surface area contributed by atoms with Crippen molar-refractivity contribution in [3.8, 4) is 18.1 Å². The minimum Gasteiger partial charge on any atom is -0.497 e. The zero-order valence-electron chi connectivity index (χ0n) is 14.1. The third-order valence-corrected chi connectivity index (χ3v) is 3.90. The van der Waals surface area contributed by atoms with Gasteiger partial charge in [0.1, 0.15) is 5.75 Å². The molecule has 0 spiro atoms. The second kappa shape index (κ2) is 7.13. The zero-order valence-corrected chi connectivity index (χ0v) is 14.1. The Labute approximate surface area is 145 Å². The van der Waals surface area contributed by atoms with E-state index in [0.29, 0.717) is 11.3 Å². The van der Waals surface area contributed by atoms with Gasteiger partial charge >= 0.3 is 12.1 Å². The SMILES string of the molecule is C#CC(CN1Cc2ccc(OC)cc2C1=O)(NC(=O)OC)C(=O)OC. The van der Waals surface area contributed by atoms with Gasteiger partial charge in [-0.15, -0.1) is 6.42 Å². The first-order chi connectivity index (χ1) is 11.9. The van der Waals surface area contributed by atoms with E-state index in [9.17, 15) is 14.4 Å². The number of nitrogens with zero attached hydrogens (tertiary/aromatic N) is 1. The van der Waals surface area contributed by atoms with Crippen LogP contribution in [0, 0.1) is 12.3 Å². The molecule has 0 saturated carbocycles. The molecule has 8 heteroatoms. The van der Waals surface area contributed by atoms with Crippen LogP contribution in [0.4, 0.5) is 4.79 Å². The fourth-order valence-corrected chi connectivity index (χ4v) is 2.58. The van der Waals surface area contributed by atoms with Crippen molar-refractivity contribution in [3.63, 3.8) is 0 Å². The van der Waals surface area contributed by atoms with E-state index >= 15 is 0 Å². The van der Waals surface area contributed by atoms with E-state index in [4.69, 9.17) is 15.9 Å². The molecule has 2 amide bonds. The number of fused-ring (bicyclic) bond motifs is 1. The summed E-state index contributed by atoms with van der Waals surface area (Å²) >= 11 is 0. The highest BCUT2D eigenvalue weighted by atomic mass is 16.5. The monoisotopic (exact) mass is 346 g/mol. The minimum atomic E-state index is -1.86. The summed E-state index contributed by atoms with van der Waals surface area (Å²) in [4.78, 5) is 37.8. The largest absolute Gasteiger partial charge is 0.497 e. The number of amides is 2. The summed E-state index contributed by atoms with van der Waals surface area (Å²) in [6.07, 6.45) is 4.57. The van der Waals surface area contributed by atoms with Crippen molar-refractivity contribution in [2.45, 2.75) is 12.1 Å². The van der Waals surface area contributed by atoms with Gasteiger partial charge in [-0.25, -0.2) is 9.59 Å². The highest BCUT2D eigenvalue weighted by Gasteiger charge is 2.44. The third-order valence-electron chi connectivity index (χ3n) is 3.90. The molecule has 0 bridgehead atoms. The number of nitrogens with one attached hydrogen (secondary N) is 1. The molecule has 1 aliphatic heterocycles. The van der Waals surface area contributed by atoms with Crippen LogP contribution in [0.2, 0.25) is 0 Å². The normalized spacial score (nSPS) is 14.8. The van der Waals surface area contributed by atoms with Crippen LogP contribution in [-0.4, -0.2) is 56.3 Å². The van der Waals surface area contributed by atoms with Crippen molar-refractivity contribution >= 4 is 18.0 Å². The predicted octanol–water partition coefficient (Wildman–Crippen LogP) is 0.552. The van der Waals surface area contributed by atoms with Crippen LogP contribution in [0.1, 0.15) is 15.9 Å². The van der Waals surface area contributed by atoms with E-state index < -0.39 is 17.6 Å². The molecule has 1 N–H and O–H groups in total. The molecular weight excluding hydrogens is 328 g/mol. The molecule has 132 valence electrons. The highest BCUT2D eigenvalue weighted by molar-refractivity contribution is 5.99. The van der Waals surface area contributed by atoms with Gasteiger partial charge in [-0.05, 0) is 17.7 Å². The summed E-state index contributed by atoms with van der Waals surface area (Å²) in [7, 11) is 3.77. The molecule has 1 atom stereocenters. The van der Waals surface area contributed by atoms with Crippen molar-refractivity contribution in [1.29, 1.82) is 0 Å². The van der Waals surface area contributed by atoms with Crippen molar-refractivity contribution in [1.82, 2.24) is 10.2 Å². The molecule has 1 aliphatic rings. The van der Waals surface area contributed by atoms with Crippen molar-refractivity contribution in [2.75, 3.05) is 27.9 Å². The van der Waals surface area contributed by atoms with E-state index in [1.165, 1.54) is 12.0 Å². The number of terminal acetylenes is 1. The maximum Gasteiger partial charge on any atom is 0.408 e. The molecule has 8 nitrogen and oxygen atoms in total. The van der Waals surface area contributed by atoms with Crippen LogP contribution in [0.15, 0.2) is 18.2 Å². The van der Waals surface area contributed by atoms with Crippen LogP contribution in [-0.2, 0) is 20.8 Å². The molecular formula is C17H18N2O6. The van der Waals surface area contributed by atoms with Gasteiger partial charge in [-0.3, -0.25) is 10.1 Å². The summed E-state index contributed by atoms with van der Waals surface area (Å²) in [5.74, 6) is 1.56. The number of esters is 1. The average molecular weight is 346 g/mol. The Balaban J connectivity index is 2.31. The number of hydrogen-bond donors (Lipinski definition) is 1. The molecule has 25 heavy (non-hydrogen) atoms. The van der Waals surface area contributed by atoms with Crippen LogP contribution in [0.5, 0.6) is 5.75 Å². The number of methoxy groups -OCH3 is 3. The Morgan fingerprint density at radius 1 is 1.32 bits per heavy atom. The number of carbonyl (C=O) groups is 3. The first-order valence-corrected chi connectivity index (χ1v) is 7.29. The second-order valence-corrected chi connectivity index (χ2v) is 5.34. The lowest BCUT2D eigenvalue weighted by atomic mass is 10.00. The third kappa shape index (κ3) is 3.35. The number of carbonyl (C=O) groups excluding carboxylic acids is 3. The Bertz CT molecular complexity index is 754. The van der Waals surface area contributed by atoms with Gasteiger partial charge in [-0.2, -0.15) is 0 Å². The van der Waals surface area contributed by atoms with Crippen LogP contribution < -0.4 is 10.1 Å². The Hall–Kier alpha value is -3.21. The Kier molecular flexibility index (Phi) is 5.17. The first-order valence-electron chi connectivity index (χ1n) is 7.29. The molecule has 0 fully saturated rings. The summed E-state index contributed by atoms with van der Waals surface area (Å²) < 4.78 is 14.3. The maximum atomic E-state index is 12.6. The fourth-order valence-electron chi connectivity index (χ4n) is 2.58. The number of benzene rings is 1. The average Bonchev–Trinajstić information content (AvgIpc) is 2.94. The lowest BCUT2D eigenvalue weighted by Crippen LogP contribution is -2.60. The van der Waals surface area contributed by atoms with Crippen molar-refractivity contribution in [3.05, 3.63) is 29.3 Å². The molecule has 1 aromatic rings. The number of hydrogen-bond acceptors (Lipinski definition) is 6. The topological polar surface area (TPSA) is 94.2 Å². The number of ether oxygens (including phenoxy) is 3.